The summed E-state index contributed by atoms with van der Waals surface area (Å²) in [5.74, 6) is 0.437. The van der Waals surface area contributed by atoms with Gasteiger partial charge in [-0.2, -0.15) is 0 Å². The lowest BCUT2D eigenvalue weighted by molar-refractivity contribution is 0.544. The molecule has 0 radical (unpaired) electrons. The van der Waals surface area contributed by atoms with Crippen LogP contribution in [0.1, 0.15) is 84.3 Å². The van der Waals surface area contributed by atoms with Crippen molar-refractivity contribution in [3.8, 4) is 0 Å². The SMILES string of the molecule is C=C(/C(C)=N/c1cc(N(C)c2cc(CC)cc(CC)c2)ccc1N)C(C)CCCCCCC. The topological polar surface area (TPSA) is 41.6 Å². The molecule has 0 saturated carbocycles. The lowest BCUT2D eigenvalue weighted by Crippen LogP contribution is -2.11. The van der Waals surface area contributed by atoms with Gasteiger partial charge in [0.2, 0.25) is 0 Å². The van der Waals surface area contributed by atoms with Crippen LogP contribution in [-0.4, -0.2) is 12.8 Å². The zero-order valence-electron chi connectivity index (χ0n) is 21.9. The van der Waals surface area contributed by atoms with E-state index in [1.807, 2.05) is 6.07 Å². The molecule has 1 atom stereocenters. The molecule has 0 aliphatic carbocycles. The highest BCUT2D eigenvalue weighted by Gasteiger charge is 2.12. The van der Waals surface area contributed by atoms with Crippen molar-refractivity contribution in [1.82, 2.24) is 0 Å². The number of rotatable bonds is 13. The number of benzene rings is 2. The molecule has 180 valence electrons. The first-order valence-electron chi connectivity index (χ1n) is 12.8. The molecule has 0 saturated heterocycles. The van der Waals surface area contributed by atoms with Crippen molar-refractivity contribution >= 4 is 28.5 Å². The number of nitrogens with zero attached hydrogens (tertiary/aromatic N) is 2. The maximum Gasteiger partial charge on any atom is 0.0882 e. The van der Waals surface area contributed by atoms with E-state index in [2.05, 4.69) is 83.5 Å². The molecule has 0 amide bonds. The normalized spacial score (nSPS) is 12.6. The van der Waals surface area contributed by atoms with Crippen molar-refractivity contribution < 1.29 is 0 Å². The minimum absolute atomic E-state index is 0.437. The van der Waals surface area contributed by atoms with Gasteiger partial charge in [-0.1, -0.05) is 72.4 Å². The highest BCUT2D eigenvalue weighted by molar-refractivity contribution is 6.00. The Morgan fingerprint density at radius 3 is 2.18 bits per heavy atom. The fraction of sp³-hybridized carbons (Fsp3) is 0.500. The number of nitrogen functional groups attached to an aromatic ring is 1. The Morgan fingerprint density at radius 1 is 0.939 bits per heavy atom. The number of unbranched alkanes of at least 4 members (excludes halogenated alkanes) is 4. The van der Waals surface area contributed by atoms with Gasteiger partial charge in [0.05, 0.1) is 11.4 Å². The van der Waals surface area contributed by atoms with E-state index in [1.165, 1.54) is 55.3 Å². The Bertz CT molecular complexity index is 919. The second kappa shape index (κ2) is 13.2. The fourth-order valence-corrected chi connectivity index (χ4v) is 4.17. The summed E-state index contributed by atoms with van der Waals surface area (Å²) in [4.78, 5) is 7.13. The number of hydrogen-bond acceptors (Lipinski definition) is 3. The second-order valence-electron chi connectivity index (χ2n) is 9.34. The molecule has 3 nitrogen and oxygen atoms in total. The molecule has 0 spiro atoms. The van der Waals surface area contributed by atoms with Gasteiger partial charge in [-0.25, -0.2) is 0 Å². The van der Waals surface area contributed by atoms with Crippen molar-refractivity contribution in [1.29, 1.82) is 0 Å². The van der Waals surface area contributed by atoms with E-state index in [4.69, 9.17) is 10.7 Å². The number of aliphatic imine (C=N–C) groups is 1. The van der Waals surface area contributed by atoms with Gasteiger partial charge in [-0.3, -0.25) is 4.99 Å². The zero-order valence-corrected chi connectivity index (χ0v) is 21.9. The van der Waals surface area contributed by atoms with Crippen molar-refractivity contribution in [2.24, 2.45) is 10.9 Å². The van der Waals surface area contributed by atoms with Crippen LogP contribution < -0.4 is 10.6 Å². The van der Waals surface area contributed by atoms with Crippen LogP contribution in [0.15, 0.2) is 53.5 Å². The predicted octanol–water partition coefficient (Wildman–Crippen LogP) is 8.81. The second-order valence-corrected chi connectivity index (χ2v) is 9.34. The van der Waals surface area contributed by atoms with Gasteiger partial charge in [-0.15, -0.1) is 0 Å². The van der Waals surface area contributed by atoms with E-state index in [0.717, 1.165) is 35.5 Å². The molecular formula is C30H45N3. The number of hydrogen-bond donors (Lipinski definition) is 1. The fourth-order valence-electron chi connectivity index (χ4n) is 4.17. The van der Waals surface area contributed by atoms with Gasteiger partial charge < -0.3 is 10.6 Å². The Kier molecular flexibility index (Phi) is 10.7. The van der Waals surface area contributed by atoms with E-state index >= 15 is 0 Å². The zero-order chi connectivity index (χ0) is 24.4. The third kappa shape index (κ3) is 7.77. The van der Waals surface area contributed by atoms with E-state index in [-0.39, 0.29) is 0 Å². The van der Waals surface area contributed by atoms with Gasteiger partial charge >= 0.3 is 0 Å². The van der Waals surface area contributed by atoms with E-state index in [1.54, 1.807) is 0 Å². The van der Waals surface area contributed by atoms with Crippen molar-refractivity contribution in [2.75, 3.05) is 17.7 Å². The maximum absolute atomic E-state index is 6.32. The lowest BCUT2D eigenvalue weighted by Gasteiger charge is -2.22. The standard InChI is InChI=1S/C30H45N3/c1-8-11-12-13-14-15-22(4)23(5)24(6)32-30-21-27(16-17-29(30)31)33(7)28-19-25(9-2)18-26(10-3)20-28/h16-22H,5,8-15,31H2,1-4,6-7H3/b32-24+. The van der Waals surface area contributed by atoms with Crippen LogP contribution in [-0.2, 0) is 12.8 Å². The molecule has 0 aliphatic rings. The molecule has 2 N–H and O–H groups in total. The molecule has 1 unspecified atom stereocenters. The van der Waals surface area contributed by atoms with Crippen molar-refractivity contribution in [2.45, 2.75) is 86.0 Å². The summed E-state index contributed by atoms with van der Waals surface area (Å²) in [6.45, 7) is 15.3. The Labute approximate surface area is 202 Å². The molecule has 2 aromatic carbocycles. The summed E-state index contributed by atoms with van der Waals surface area (Å²) < 4.78 is 0. The molecule has 3 heteroatoms. The third-order valence-corrected chi connectivity index (χ3v) is 6.73. The Morgan fingerprint density at radius 2 is 1.58 bits per heavy atom. The van der Waals surface area contributed by atoms with Crippen LogP contribution in [0, 0.1) is 5.92 Å². The molecule has 0 aromatic heterocycles. The summed E-state index contributed by atoms with van der Waals surface area (Å²) in [6.07, 6.45) is 9.75. The molecule has 0 heterocycles. The van der Waals surface area contributed by atoms with Crippen LogP contribution in [0.4, 0.5) is 22.7 Å². The molecule has 0 bridgehead atoms. The van der Waals surface area contributed by atoms with Crippen LogP contribution >= 0.6 is 0 Å². The number of aryl methyl sites for hydroxylation is 2. The highest BCUT2D eigenvalue weighted by Crippen LogP contribution is 2.33. The first-order valence-corrected chi connectivity index (χ1v) is 12.8. The molecule has 0 fully saturated rings. The number of allylic oxidation sites excluding steroid dienone is 1. The lowest BCUT2D eigenvalue weighted by atomic mass is 9.93. The molecule has 2 aromatic rings. The largest absolute Gasteiger partial charge is 0.397 e. The minimum Gasteiger partial charge on any atom is -0.397 e. The van der Waals surface area contributed by atoms with Crippen LogP contribution in [0.5, 0.6) is 0 Å². The first kappa shape index (κ1) is 26.7. The van der Waals surface area contributed by atoms with Crippen LogP contribution in [0.3, 0.4) is 0 Å². The Balaban J connectivity index is 2.19. The van der Waals surface area contributed by atoms with Crippen LogP contribution in [0.25, 0.3) is 0 Å². The monoisotopic (exact) mass is 447 g/mol. The quantitative estimate of drug-likeness (QED) is 0.189. The summed E-state index contributed by atoms with van der Waals surface area (Å²) in [6, 6.07) is 13.0. The van der Waals surface area contributed by atoms with E-state index < -0.39 is 0 Å². The van der Waals surface area contributed by atoms with Gasteiger partial charge in [-0.05, 0) is 79.1 Å². The molecule has 0 aliphatic heterocycles. The van der Waals surface area contributed by atoms with Gasteiger partial charge in [0.25, 0.3) is 0 Å². The van der Waals surface area contributed by atoms with Gasteiger partial charge in [0.1, 0.15) is 0 Å². The summed E-state index contributed by atoms with van der Waals surface area (Å²) in [5, 5.41) is 0. The number of anilines is 3. The van der Waals surface area contributed by atoms with Gasteiger partial charge in [0.15, 0.2) is 0 Å². The average Bonchev–Trinajstić information content (AvgIpc) is 2.83. The van der Waals surface area contributed by atoms with E-state index in [9.17, 15) is 0 Å². The van der Waals surface area contributed by atoms with E-state index in [0.29, 0.717) is 11.6 Å². The maximum atomic E-state index is 6.32. The van der Waals surface area contributed by atoms with Crippen LogP contribution in [0.2, 0.25) is 0 Å². The first-order chi connectivity index (χ1) is 15.8. The number of nitrogens with two attached hydrogens (primary N) is 1. The summed E-state index contributed by atoms with van der Waals surface area (Å²) in [7, 11) is 2.11. The Hall–Kier alpha value is -2.55. The third-order valence-electron chi connectivity index (χ3n) is 6.73. The van der Waals surface area contributed by atoms with Gasteiger partial charge in [0, 0.05) is 24.1 Å². The van der Waals surface area contributed by atoms with Crippen molar-refractivity contribution in [3.05, 3.63) is 59.7 Å². The average molecular weight is 448 g/mol. The summed E-state index contributed by atoms with van der Waals surface area (Å²) >= 11 is 0. The molecule has 2 rings (SSSR count). The smallest absolute Gasteiger partial charge is 0.0882 e. The predicted molar refractivity (Wildman–Crippen MR) is 149 cm³/mol. The van der Waals surface area contributed by atoms with Crippen molar-refractivity contribution in [3.63, 3.8) is 0 Å². The summed E-state index contributed by atoms with van der Waals surface area (Å²) in [5.41, 5.74) is 14.9. The molecular weight excluding hydrogens is 402 g/mol. The molecule has 33 heavy (non-hydrogen) atoms. The minimum atomic E-state index is 0.437. The highest BCUT2D eigenvalue weighted by atomic mass is 15.1.